The van der Waals surface area contributed by atoms with Crippen molar-refractivity contribution in [3.63, 3.8) is 0 Å². The lowest BCUT2D eigenvalue weighted by Gasteiger charge is -2.10. The van der Waals surface area contributed by atoms with Crippen LogP contribution in [0.3, 0.4) is 0 Å². The summed E-state index contributed by atoms with van der Waals surface area (Å²) in [6, 6.07) is 6.83. The SMILES string of the molecule is COC(=O)c1cccc(-c2c3c(=O)n(C)c(=O)n(C)c3cn2CCN)c1. The fourth-order valence-electron chi connectivity index (χ4n) is 3.13. The lowest BCUT2D eigenvalue weighted by atomic mass is 10.1. The normalized spacial score (nSPS) is 11.1. The third-order valence-electron chi connectivity index (χ3n) is 4.44. The molecule has 0 spiro atoms. The summed E-state index contributed by atoms with van der Waals surface area (Å²) in [5.41, 5.74) is 7.11. The molecule has 2 aromatic heterocycles. The van der Waals surface area contributed by atoms with E-state index in [0.717, 1.165) is 4.57 Å². The Balaban J connectivity index is 2.42. The van der Waals surface area contributed by atoms with Crippen LogP contribution in [0, 0.1) is 0 Å². The van der Waals surface area contributed by atoms with Gasteiger partial charge in [-0.1, -0.05) is 12.1 Å². The number of hydrogen-bond donors (Lipinski definition) is 1. The summed E-state index contributed by atoms with van der Waals surface area (Å²) >= 11 is 0. The van der Waals surface area contributed by atoms with Crippen LogP contribution in [-0.4, -0.2) is 33.3 Å². The van der Waals surface area contributed by atoms with Crippen LogP contribution in [0.1, 0.15) is 10.4 Å². The standard InChI is InChI=1S/C18H20N4O4/c1-20-13-10-22(8-7-19)15(14(13)16(23)21(2)18(20)25)11-5-4-6-12(9-11)17(24)26-3/h4-6,9-10H,7-8,19H2,1-3H3. The Hall–Kier alpha value is -3.13. The van der Waals surface area contributed by atoms with Gasteiger partial charge in [-0.05, 0) is 17.7 Å². The van der Waals surface area contributed by atoms with Gasteiger partial charge >= 0.3 is 11.7 Å². The highest BCUT2D eigenvalue weighted by Crippen LogP contribution is 2.28. The van der Waals surface area contributed by atoms with Gasteiger partial charge in [-0.15, -0.1) is 0 Å². The molecule has 0 fully saturated rings. The first-order valence-electron chi connectivity index (χ1n) is 8.08. The van der Waals surface area contributed by atoms with Gasteiger partial charge in [0.25, 0.3) is 5.56 Å². The lowest BCUT2D eigenvalue weighted by molar-refractivity contribution is 0.0601. The number of fused-ring (bicyclic) bond motifs is 1. The molecule has 0 amide bonds. The Labute approximate surface area is 149 Å². The molecule has 0 aliphatic carbocycles. The van der Waals surface area contributed by atoms with Crippen LogP contribution in [0.25, 0.3) is 22.2 Å². The predicted molar refractivity (Wildman–Crippen MR) is 98.2 cm³/mol. The zero-order chi connectivity index (χ0) is 19.0. The maximum Gasteiger partial charge on any atom is 0.337 e. The third kappa shape index (κ3) is 2.64. The summed E-state index contributed by atoms with van der Waals surface area (Å²) in [5, 5.41) is 0.407. The molecule has 0 saturated heterocycles. The number of ether oxygens (including phenoxy) is 1. The molecule has 3 aromatic rings. The number of carbonyl (C=O) groups excluding carboxylic acids is 1. The van der Waals surface area contributed by atoms with Crippen molar-refractivity contribution < 1.29 is 9.53 Å². The van der Waals surface area contributed by atoms with E-state index in [2.05, 4.69) is 0 Å². The number of benzene rings is 1. The topological polar surface area (TPSA) is 101 Å². The smallest absolute Gasteiger partial charge is 0.337 e. The highest BCUT2D eigenvalue weighted by molar-refractivity contribution is 5.96. The van der Waals surface area contributed by atoms with Gasteiger partial charge in [0.05, 0.1) is 29.3 Å². The molecule has 8 nitrogen and oxygen atoms in total. The van der Waals surface area contributed by atoms with E-state index in [1.807, 2.05) is 4.57 Å². The summed E-state index contributed by atoms with van der Waals surface area (Å²) in [4.78, 5) is 36.9. The molecule has 0 bridgehead atoms. The molecule has 0 saturated carbocycles. The van der Waals surface area contributed by atoms with Crippen molar-refractivity contribution in [2.24, 2.45) is 19.8 Å². The minimum absolute atomic E-state index is 0.360. The Morgan fingerprint density at radius 1 is 1.19 bits per heavy atom. The van der Waals surface area contributed by atoms with Crippen molar-refractivity contribution in [1.29, 1.82) is 0 Å². The first-order chi connectivity index (χ1) is 12.4. The second-order valence-electron chi connectivity index (χ2n) is 6.00. The van der Waals surface area contributed by atoms with E-state index >= 15 is 0 Å². The van der Waals surface area contributed by atoms with Crippen LogP contribution < -0.4 is 17.0 Å². The minimum atomic E-state index is -0.464. The van der Waals surface area contributed by atoms with E-state index in [4.69, 9.17) is 10.5 Å². The van der Waals surface area contributed by atoms with Crippen molar-refractivity contribution in [3.8, 4) is 11.3 Å². The predicted octanol–water partition coefficient (Wildman–Crippen LogP) is 0.451. The van der Waals surface area contributed by atoms with Gasteiger partial charge in [0.2, 0.25) is 0 Å². The van der Waals surface area contributed by atoms with Crippen molar-refractivity contribution in [3.05, 3.63) is 56.9 Å². The van der Waals surface area contributed by atoms with Crippen molar-refractivity contribution in [2.75, 3.05) is 13.7 Å². The van der Waals surface area contributed by atoms with Gasteiger partial charge in [-0.3, -0.25) is 13.9 Å². The lowest BCUT2D eigenvalue weighted by Crippen LogP contribution is -2.36. The van der Waals surface area contributed by atoms with Gasteiger partial charge in [0.15, 0.2) is 0 Å². The molecule has 136 valence electrons. The van der Waals surface area contributed by atoms with Gasteiger partial charge in [-0.25, -0.2) is 9.59 Å². The average molecular weight is 356 g/mol. The number of aryl methyl sites for hydroxylation is 1. The zero-order valence-corrected chi connectivity index (χ0v) is 14.9. The summed E-state index contributed by atoms with van der Waals surface area (Å²) in [5.74, 6) is -0.464. The maximum atomic E-state index is 12.8. The monoisotopic (exact) mass is 356 g/mol. The minimum Gasteiger partial charge on any atom is -0.465 e. The zero-order valence-electron chi connectivity index (χ0n) is 14.9. The largest absolute Gasteiger partial charge is 0.465 e. The molecule has 1 aromatic carbocycles. The van der Waals surface area contributed by atoms with E-state index in [1.54, 1.807) is 37.5 Å². The summed E-state index contributed by atoms with van der Waals surface area (Å²) in [7, 11) is 4.37. The van der Waals surface area contributed by atoms with Crippen molar-refractivity contribution in [2.45, 2.75) is 6.54 Å². The summed E-state index contributed by atoms with van der Waals surface area (Å²) < 4.78 is 9.11. The molecule has 3 rings (SSSR count). The molecule has 2 heterocycles. The Bertz CT molecular complexity index is 1120. The molecule has 0 aliphatic heterocycles. The van der Waals surface area contributed by atoms with Crippen molar-refractivity contribution >= 4 is 16.9 Å². The molecular formula is C18H20N4O4. The van der Waals surface area contributed by atoms with E-state index < -0.39 is 17.2 Å². The van der Waals surface area contributed by atoms with Gasteiger partial charge < -0.3 is 15.0 Å². The van der Waals surface area contributed by atoms with E-state index in [0.29, 0.717) is 40.8 Å². The van der Waals surface area contributed by atoms with Crippen LogP contribution in [-0.2, 0) is 25.4 Å². The Kier molecular flexibility index (Phi) is 4.52. The molecular weight excluding hydrogens is 336 g/mol. The molecule has 8 heteroatoms. The van der Waals surface area contributed by atoms with Crippen LogP contribution in [0.15, 0.2) is 40.1 Å². The second kappa shape index (κ2) is 6.64. The van der Waals surface area contributed by atoms with Crippen molar-refractivity contribution in [1.82, 2.24) is 13.7 Å². The molecule has 0 unspecified atom stereocenters. The molecule has 26 heavy (non-hydrogen) atoms. The number of nitrogens with two attached hydrogens (primary N) is 1. The van der Waals surface area contributed by atoms with E-state index in [9.17, 15) is 14.4 Å². The third-order valence-corrected chi connectivity index (χ3v) is 4.44. The fraction of sp³-hybridized carbons (Fsp3) is 0.278. The van der Waals surface area contributed by atoms with Crippen LogP contribution in [0.5, 0.6) is 0 Å². The van der Waals surface area contributed by atoms with Gasteiger partial charge in [0, 0.05) is 33.4 Å². The van der Waals surface area contributed by atoms with Crippen LogP contribution in [0.2, 0.25) is 0 Å². The highest BCUT2D eigenvalue weighted by atomic mass is 16.5. The Morgan fingerprint density at radius 3 is 2.58 bits per heavy atom. The first-order valence-corrected chi connectivity index (χ1v) is 8.08. The van der Waals surface area contributed by atoms with Gasteiger partial charge in [-0.2, -0.15) is 0 Å². The van der Waals surface area contributed by atoms with E-state index in [-0.39, 0.29) is 0 Å². The fourth-order valence-corrected chi connectivity index (χ4v) is 3.13. The first kappa shape index (κ1) is 17.7. The van der Waals surface area contributed by atoms with E-state index in [1.165, 1.54) is 18.7 Å². The summed E-state index contributed by atoms with van der Waals surface area (Å²) in [6.07, 6.45) is 1.74. The number of rotatable bonds is 4. The second-order valence-corrected chi connectivity index (χ2v) is 6.00. The Morgan fingerprint density at radius 2 is 1.92 bits per heavy atom. The van der Waals surface area contributed by atoms with Crippen LogP contribution >= 0.6 is 0 Å². The molecule has 2 N–H and O–H groups in total. The number of aromatic nitrogens is 3. The number of carbonyl (C=O) groups is 1. The highest BCUT2D eigenvalue weighted by Gasteiger charge is 2.20. The number of methoxy groups -OCH3 is 1. The van der Waals surface area contributed by atoms with Crippen LogP contribution in [0.4, 0.5) is 0 Å². The molecule has 0 atom stereocenters. The number of hydrogen-bond acceptors (Lipinski definition) is 5. The maximum absolute atomic E-state index is 12.8. The number of esters is 1. The van der Waals surface area contributed by atoms with Gasteiger partial charge in [0.1, 0.15) is 0 Å². The summed E-state index contributed by atoms with van der Waals surface area (Å²) in [6.45, 7) is 0.822. The average Bonchev–Trinajstić information content (AvgIpc) is 3.03. The quantitative estimate of drug-likeness (QED) is 0.684. The molecule has 0 radical (unpaired) electrons. The number of nitrogens with zero attached hydrogens (tertiary/aromatic N) is 3. The molecule has 0 aliphatic rings.